The molecule has 0 aliphatic carbocycles. The quantitative estimate of drug-likeness (QED) is 0.712. The van der Waals surface area contributed by atoms with Gasteiger partial charge >= 0.3 is 12.1 Å². The zero-order valence-electron chi connectivity index (χ0n) is 15.0. The minimum absolute atomic E-state index is 0.291. The highest BCUT2D eigenvalue weighted by Gasteiger charge is 2.15. The minimum atomic E-state index is -1.26. The summed E-state index contributed by atoms with van der Waals surface area (Å²) >= 11 is 0. The molecule has 0 spiro atoms. The molecule has 3 N–H and O–H groups in total. The van der Waals surface area contributed by atoms with Gasteiger partial charge in [-0.1, -0.05) is 18.2 Å². The van der Waals surface area contributed by atoms with Crippen LogP contribution in [0.4, 0.5) is 4.79 Å². The van der Waals surface area contributed by atoms with E-state index >= 15 is 0 Å². The van der Waals surface area contributed by atoms with E-state index < -0.39 is 23.1 Å². The number of hydrogen-bond acceptors (Lipinski definition) is 4. The van der Waals surface area contributed by atoms with Crippen LogP contribution in [0.1, 0.15) is 43.1 Å². The summed E-state index contributed by atoms with van der Waals surface area (Å²) in [6.45, 7) is 5.81. The van der Waals surface area contributed by atoms with E-state index in [0.29, 0.717) is 23.9 Å². The smallest absolute Gasteiger partial charge is 0.407 e. The van der Waals surface area contributed by atoms with Gasteiger partial charge in [-0.2, -0.15) is 0 Å². The van der Waals surface area contributed by atoms with Crippen LogP contribution < -0.4 is 10.7 Å². The van der Waals surface area contributed by atoms with Crippen molar-refractivity contribution in [2.45, 2.75) is 32.8 Å². The number of carboxylic acids is 1. The van der Waals surface area contributed by atoms with Gasteiger partial charge in [0.15, 0.2) is 0 Å². The fourth-order valence-corrected chi connectivity index (χ4v) is 2.29. The zero-order chi connectivity index (χ0) is 19.3. The molecule has 26 heavy (non-hydrogen) atoms. The Balaban J connectivity index is 2.01. The monoisotopic (exact) mass is 358 g/mol. The van der Waals surface area contributed by atoms with Crippen LogP contribution in [-0.4, -0.2) is 34.3 Å². The van der Waals surface area contributed by atoms with Gasteiger partial charge in [0.25, 0.3) is 0 Å². The molecular weight excluding hydrogens is 336 g/mol. The topological polar surface area (TPSA) is 108 Å². The van der Waals surface area contributed by atoms with Crippen molar-refractivity contribution in [1.82, 2.24) is 10.3 Å². The van der Waals surface area contributed by atoms with E-state index in [1.165, 1.54) is 6.20 Å². The first kappa shape index (κ1) is 19.2. The highest BCUT2D eigenvalue weighted by Crippen LogP contribution is 2.13. The predicted octanol–water partition coefficient (Wildman–Crippen LogP) is 3.15. The van der Waals surface area contributed by atoms with E-state index in [9.17, 15) is 14.4 Å². The summed E-state index contributed by atoms with van der Waals surface area (Å²) in [5.74, 6) is -1.26. The average Bonchev–Trinajstić information content (AvgIpc) is 2.53. The third kappa shape index (κ3) is 5.20. The molecule has 0 aliphatic heterocycles. The number of carbonyl (C=O) groups excluding carboxylic acids is 1. The summed E-state index contributed by atoms with van der Waals surface area (Å²) in [4.78, 5) is 37.6. The van der Waals surface area contributed by atoms with Crippen LogP contribution in [0.3, 0.4) is 0 Å². The SMILES string of the molecule is CC(C)(C)OC(=O)NCCC=Cc1ccc2[nH]cc(C(=O)O)c(=O)c2c1. The molecule has 0 bridgehead atoms. The predicted molar refractivity (Wildman–Crippen MR) is 99.4 cm³/mol. The maximum atomic E-state index is 12.2. The number of amides is 1. The number of fused-ring (bicyclic) bond motifs is 1. The number of aromatic nitrogens is 1. The summed E-state index contributed by atoms with van der Waals surface area (Å²) in [6, 6.07) is 5.18. The largest absolute Gasteiger partial charge is 0.477 e. The summed E-state index contributed by atoms with van der Waals surface area (Å²) in [5, 5.41) is 12.0. The van der Waals surface area contributed by atoms with Crippen LogP contribution in [0.25, 0.3) is 17.0 Å². The van der Waals surface area contributed by atoms with E-state index in [1.807, 2.05) is 18.2 Å². The number of hydrogen-bond donors (Lipinski definition) is 3. The Labute approximate surface area is 150 Å². The molecule has 1 aromatic carbocycles. The average molecular weight is 358 g/mol. The highest BCUT2D eigenvalue weighted by atomic mass is 16.6. The maximum Gasteiger partial charge on any atom is 0.407 e. The Morgan fingerprint density at radius 3 is 2.69 bits per heavy atom. The Kier molecular flexibility index (Phi) is 5.82. The lowest BCUT2D eigenvalue weighted by Gasteiger charge is -2.19. The van der Waals surface area contributed by atoms with E-state index in [-0.39, 0.29) is 5.56 Å². The molecule has 0 saturated carbocycles. The Morgan fingerprint density at radius 1 is 1.31 bits per heavy atom. The molecule has 0 aliphatic rings. The van der Waals surface area contributed by atoms with Crippen molar-refractivity contribution < 1.29 is 19.4 Å². The van der Waals surface area contributed by atoms with Crippen molar-refractivity contribution in [3.8, 4) is 0 Å². The summed E-state index contributed by atoms with van der Waals surface area (Å²) in [5.41, 5.74) is -0.00722. The second kappa shape index (κ2) is 7.86. The van der Waals surface area contributed by atoms with Gasteiger partial charge in [0.2, 0.25) is 5.43 Å². The van der Waals surface area contributed by atoms with Crippen molar-refractivity contribution >= 4 is 29.0 Å². The van der Waals surface area contributed by atoms with E-state index in [0.717, 1.165) is 5.56 Å². The van der Waals surface area contributed by atoms with Gasteiger partial charge < -0.3 is 20.1 Å². The van der Waals surface area contributed by atoms with Crippen LogP contribution in [-0.2, 0) is 4.74 Å². The second-order valence-corrected chi connectivity index (χ2v) is 6.76. The lowest BCUT2D eigenvalue weighted by atomic mass is 10.1. The van der Waals surface area contributed by atoms with Crippen molar-refractivity contribution in [2.24, 2.45) is 0 Å². The Morgan fingerprint density at radius 2 is 2.04 bits per heavy atom. The normalized spacial score (nSPS) is 11.7. The molecule has 0 fully saturated rings. The maximum absolute atomic E-state index is 12.2. The number of pyridine rings is 1. The number of aromatic amines is 1. The van der Waals surface area contributed by atoms with Crippen LogP contribution in [0, 0.1) is 0 Å². The van der Waals surface area contributed by atoms with Crippen molar-refractivity contribution in [2.75, 3.05) is 6.54 Å². The fourth-order valence-electron chi connectivity index (χ4n) is 2.29. The number of benzene rings is 1. The van der Waals surface area contributed by atoms with E-state index in [2.05, 4.69) is 10.3 Å². The lowest BCUT2D eigenvalue weighted by Crippen LogP contribution is -2.32. The Hall–Kier alpha value is -3.09. The first-order valence-corrected chi connectivity index (χ1v) is 8.19. The van der Waals surface area contributed by atoms with Gasteiger partial charge in [0.05, 0.1) is 0 Å². The Bertz CT molecular complexity index is 906. The molecule has 1 amide bonds. The van der Waals surface area contributed by atoms with Crippen LogP contribution in [0.15, 0.2) is 35.3 Å². The number of H-pyrrole nitrogens is 1. The molecule has 0 atom stereocenters. The van der Waals surface area contributed by atoms with Crippen LogP contribution in [0.2, 0.25) is 0 Å². The minimum Gasteiger partial charge on any atom is -0.477 e. The van der Waals surface area contributed by atoms with Crippen molar-refractivity contribution in [3.05, 3.63) is 51.8 Å². The van der Waals surface area contributed by atoms with Crippen molar-refractivity contribution in [1.29, 1.82) is 0 Å². The van der Waals surface area contributed by atoms with Gasteiger partial charge in [0.1, 0.15) is 11.2 Å². The number of ether oxygens (including phenoxy) is 1. The first-order chi connectivity index (χ1) is 12.2. The molecule has 2 aromatic rings. The van der Waals surface area contributed by atoms with E-state index in [4.69, 9.17) is 9.84 Å². The van der Waals surface area contributed by atoms with Gasteiger partial charge in [-0.15, -0.1) is 0 Å². The first-order valence-electron chi connectivity index (χ1n) is 8.19. The zero-order valence-corrected chi connectivity index (χ0v) is 15.0. The molecular formula is C19H22N2O5. The number of rotatable bonds is 5. The van der Waals surface area contributed by atoms with Gasteiger partial charge in [0, 0.05) is 23.6 Å². The van der Waals surface area contributed by atoms with Crippen LogP contribution >= 0.6 is 0 Å². The highest BCUT2D eigenvalue weighted by molar-refractivity contribution is 5.92. The number of nitrogens with one attached hydrogen (secondary N) is 2. The van der Waals surface area contributed by atoms with E-state index in [1.54, 1.807) is 32.9 Å². The third-order valence-electron chi connectivity index (χ3n) is 3.42. The van der Waals surface area contributed by atoms with Gasteiger partial charge in [-0.3, -0.25) is 4.79 Å². The molecule has 2 rings (SSSR count). The van der Waals surface area contributed by atoms with Crippen LogP contribution in [0.5, 0.6) is 0 Å². The molecule has 7 nitrogen and oxygen atoms in total. The molecule has 0 radical (unpaired) electrons. The summed E-state index contributed by atoms with van der Waals surface area (Å²) in [6.07, 6.45) is 4.98. The molecule has 138 valence electrons. The number of aromatic carboxylic acids is 1. The molecule has 7 heteroatoms. The molecule has 1 aromatic heterocycles. The lowest BCUT2D eigenvalue weighted by molar-refractivity contribution is 0.0528. The molecule has 0 unspecified atom stereocenters. The number of carbonyl (C=O) groups is 2. The summed E-state index contributed by atoms with van der Waals surface area (Å²) < 4.78 is 5.13. The van der Waals surface area contributed by atoms with Crippen molar-refractivity contribution in [3.63, 3.8) is 0 Å². The second-order valence-electron chi connectivity index (χ2n) is 6.76. The summed E-state index contributed by atoms with van der Waals surface area (Å²) in [7, 11) is 0. The third-order valence-corrected chi connectivity index (χ3v) is 3.42. The number of alkyl carbamates (subject to hydrolysis) is 1. The van der Waals surface area contributed by atoms with Gasteiger partial charge in [-0.05, 0) is 44.9 Å². The molecule has 1 heterocycles. The van der Waals surface area contributed by atoms with Gasteiger partial charge in [-0.25, -0.2) is 9.59 Å². The number of carboxylic acid groups (broad SMARTS) is 1. The molecule has 0 saturated heterocycles. The standard InChI is InChI=1S/C19H22N2O5/c1-19(2,3)26-18(25)20-9-5-4-6-12-7-8-15-13(10-12)16(22)14(11-21-15)17(23)24/h4,6-8,10-11H,5,9H2,1-3H3,(H,20,25)(H,21,22)(H,23,24). The fraction of sp³-hybridized carbons (Fsp3) is 0.316.